The maximum Gasteiger partial charge on any atom is 0.269 e. The molecule has 94 valence electrons. The van der Waals surface area contributed by atoms with Gasteiger partial charge in [0.1, 0.15) is 11.5 Å². The Morgan fingerprint density at radius 2 is 2.11 bits per heavy atom. The van der Waals surface area contributed by atoms with Crippen molar-refractivity contribution in [3.8, 4) is 0 Å². The zero-order chi connectivity index (χ0) is 13.0. The highest BCUT2D eigenvalue weighted by atomic mass is 19.1. The van der Waals surface area contributed by atoms with Gasteiger partial charge in [0.15, 0.2) is 0 Å². The molecule has 1 heterocycles. The van der Waals surface area contributed by atoms with Gasteiger partial charge in [0.05, 0.1) is 5.52 Å². The first-order valence-corrected chi connectivity index (χ1v) is 5.66. The number of aliphatic hydroxyl groups excluding tert-OH is 1. The first-order valence-electron chi connectivity index (χ1n) is 5.66. The number of rotatable bonds is 4. The maximum absolute atomic E-state index is 13.0. The molecule has 0 radical (unpaired) electrons. The number of nitrogens with zero attached hydrogens (tertiary/aromatic N) is 1. The second kappa shape index (κ2) is 5.55. The van der Waals surface area contributed by atoms with Crippen molar-refractivity contribution in [1.29, 1.82) is 0 Å². The van der Waals surface area contributed by atoms with Crippen LogP contribution in [0.3, 0.4) is 0 Å². The van der Waals surface area contributed by atoms with Gasteiger partial charge in [0.2, 0.25) is 0 Å². The van der Waals surface area contributed by atoms with Crippen molar-refractivity contribution in [2.45, 2.75) is 6.42 Å². The van der Waals surface area contributed by atoms with Crippen LogP contribution >= 0.6 is 0 Å². The molecule has 0 aliphatic rings. The Balaban J connectivity index is 2.21. The number of hydrogen-bond donors (Lipinski definition) is 2. The smallest absolute Gasteiger partial charge is 0.269 e. The van der Waals surface area contributed by atoms with E-state index in [9.17, 15) is 9.18 Å². The van der Waals surface area contributed by atoms with Crippen LogP contribution in [-0.2, 0) is 0 Å². The van der Waals surface area contributed by atoms with Gasteiger partial charge in [0.25, 0.3) is 5.91 Å². The van der Waals surface area contributed by atoms with E-state index >= 15 is 0 Å². The van der Waals surface area contributed by atoms with E-state index < -0.39 is 0 Å². The number of aliphatic hydroxyl groups is 1. The van der Waals surface area contributed by atoms with Crippen molar-refractivity contribution in [2.24, 2.45) is 0 Å². The third-order valence-electron chi connectivity index (χ3n) is 2.51. The number of nitrogens with one attached hydrogen (secondary N) is 1. The summed E-state index contributed by atoms with van der Waals surface area (Å²) in [6.07, 6.45) is 0.494. The molecular formula is C13H13FN2O2. The summed E-state index contributed by atoms with van der Waals surface area (Å²) < 4.78 is 13.0. The van der Waals surface area contributed by atoms with E-state index in [1.54, 1.807) is 18.2 Å². The van der Waals surface area contributed by atoms with Crippen molar-refractivity contribution < 1.29 is 14.3 Å². The minimum atomic E-state index is -0.382. The number of carbonyl (C=O) groups is 1. The van der Waals surface area contributed by atoms with E-state index in [1.807, 2.05) is 0 Å². The molecule has 0 saturated carbocycles. The zero-order valence-electron chi connectivity index (χ0n) is 9.69. The minimum Gasteiger partial charge on any atom is -0.396 e. The van der Waals surface area contributed by atoms with Gasteiger partial charge in [-0.05, 0) is 24.6 Å². The molecule has 2 rings (SSSR count). The van der Waals surface area contributed by atoms with Crippen LogP contribution in [-0.4, -0.2) is 29.1 Å². The van der Waals surface area contributed by atoms with Gasteiger partial charge < -0.3 is 10.4 Å². The van der Waals surface area contributed by atoms with Gasteiger partial charge in [-0.25, -0.2) is 9.37 Å². The van der Waals surface area contributed by atoms with Gasteiger partial charge in [-0.2, -0.15) is 0 Å². The molecule has 0 spiro atoms. The van der Waals surface area contributed by atoms with Crippen molar-refractivity contribution in [2.75, 3.05) is 13.2 Å². The van der Waals surface area contributed by atoms with Crippen LogP contribution in [0, 0.1) is 5.82 Å². The summed E-state index contributed by atoms with van der Waals surface area (Å²) in [7, 11) is 0. The Labute approximate surface area is 103 Å². The summed E-state index contributed by atoms with van der Waals surface area (Å²) in [5.74, 6) is -0.706. The van der Waals surface area contributed by atoms with Gasteiger partial charge in [0, 0.05) is 24.6 Å². The Morgan fingerprint density at radius 3 is 2.89 bits per heavy atom. The third kappa shape index (κ3) is 2.81. The normalized spacial score (nSPS) is 10.6. The fourth-order valence-corrected chi connectivity index (χ4v) is 1.59. The fraction of sp³-hybridized carbons (Fsp3) is 0.231. The van der Waals surface area contributed by atoms with E-state index in [2.05, 4.69) is 10.3 Å². The van der Waals surface area contributed by atoms with Crippen LogP contribution in [0.25, 0.3) is 10.9 Å². The fourth-order valence-electron chi connectivity index (χ4n) is 1.59. The number of pyridine rings is 1. The van der Waals surface area contributed by atoms with E-state index in [0.717, 1.165) is 5.39 Å². The van der Waals surface area contributed by atoms with E-state index in [4.69, 9.17) is 5.11 Å². The second-order valence-electron chi connectivity index (χ2n) is 3.87. The molecule has 2 N–H and O–H groups in total. The lowest BCUT2D eigenvalue weighted by Gasteiger charge is -2.04. The number of carbonyl (C=O) groups excluding carboxylic acids is 1. The lowest BCUT2D eigenvalue weighted by molar-refractivity contribution is 0.0946. The number of aromatic nitrogens is 1. The number of benzene rings is 1. The molecule has 4 nitrogen and oxygen atoms in total. The molecule has 0 aliphatic carbocycles. The van der Waals surface area contributed by atoms with Crippen molar-refractivity contribution in [1.82, 2.24) is 10.3 Å². The molecule has 5 heteroatoms. The van der Waals surface area contributed by atoms with Gasteiger partial charge in [-0.15, -0.1) is 0 Å². The second-order valence-corrected chi connectivity index (χ2v) is 3.87. The topological polar surface area (TPSA) is 62.2 Å². The van der Waals surface area contributed by atoms with Crippen LogP contribution in [0.5, 0.6) is 0 Å². The van der Waals surface area contributed by atoms with Crippen molar-refractivity contribution in [3.05, 3.63) is 41.8 Å². The summed E-state index contributed by atoms with van der Waals surface area (Å²) in [4.78, 5) is 15.8. The van der Waals surface area contributed by atoms with Crippen LogP contribution in [0.15, 0.2) is 30.3 Å². The number of amides is 1. The monoisotopic (exact) mass is 248 g/mol. The molecule has 18 heavy (non-hydrogen) atoms. The third-order valence-corrected chi connectivity index (χ3v) is 2.51. The Bertz CT molecular complexity index is 572. The predicted octanol–water partition coefficient (Wildman–Crippen LogP) is 1.49. The number of fused-ring (bicyclic) bond motifs is 1. The van der Waals surface area contributed by atoms with E-state index in [1.165, 1.54) is 12.1 Å². The molecule has 0 atom stereocenters. The number of hydrogen-bond acceptors (Lipinski definition) is 3. The zero-order valence-corrected chi connectivity index (χ0v) is 9.69. The van der Waals surface area contributed by atoms with Gasteiger partial charge >= 0.3 is 0 Å². The molecule has 0 aliphatic heterocycles. The maximum atomic E-state index is 13.0. The predicted molar refractivity (Wildman–Crippen MR) is 65.7 cm³/mol. The number of halogens is 1. The molecule has 0 fully saturated rings. The summed E-state index contributed by atoms with van der Waals surface area (Å²) >= 11 is 0. The Morgan fingerprint density at radius 1 is 1.33 bits per heavy atom. The highest BCUT2D eigenvalue weighted by molar-refractivity contribution is 5.94. The molecule has 0 unspecified atom stereocenters. The molecule has 1 aromatic carbocycles. The molecule has 1 aromatic heterocycles. The van der Waals surface area contributed by atoms with Crippen molar-refractivity contribution in [3.63, 3.8) is 0 Å². The summed E-state index contributed by atoms with van der Waals surface area (Å²) in [5, 5.41) is 12.0. The minimum absolute atomic E-state index is 0.0244. The van der Waals surface area contributed by atoms with Gasteiger partial charge in [-0.1, -0.05) is 6.07 Å². The Hall–Kier alpha value is -2.01. The highest BCUT2D eigenvalue weighted by Crippen LogP contribution is 2.13. The van der Waals surface area contributed by atoms with Crippen LogP contribution in [0.2, 0.25) is 0 Å². The molecule has 1 amide bonds. The van der Waals surface area contributed by atoms with E-state index in [-0.39, 0.29) is 24.0 Å². The lowest BCUT2D eigenvalue weighted by Crippen LogP contribution is -2.25. The molecule has 0 bridgehead atoms. The Kier molecular flexibility index (Phi) is 3.84. The highest BCUT2D eigenvalue weighted by Gasteiger charge is 2.07. The molecule has 2 aromatic rings. The van der Waals surface area contributed by atoms with Crippen LogP contribution in [0.1, 0.15) is 16.9 Å². The van der Waals surface area contributed by atoms with Crippen molar-refractivity contribution >= 4 is 16.8 Å². The SMILES string of the molecule is O=C(NCCCO)c1ccc2ccc(F)cc2n1. The van der Waals surface area contributed by atoms with Gasteiger partial charge in [-0.3, -0.25) is 4.79 Å². The molecule has 0 saturated heterocycles. The quantitative estimate of drug-likeness (QED) is 0.806. The first kappa shape index (κ1) is 12.4. The summed E-state index contributed by atoms with van der Waals surface area (Å²) in [6.45, 7) is 0.412. The van der Waals surface area contributed by atoms with Crippen LogP contribution in [0.4, 0.5) is 4.39 Å². The largest absolute Gasteiger partial charge is 0.396 e. The van der Waals surface area contributed by atoms with E-state index in [0.29, 0.717) is 18.5 Å². The lowest BCUT2D eigenvalue weighted by atomic mass is 10.2. The average molecular weight is 248 g/mol. The molecular weight excluding hydrogens is 235 g/mol. The standard InChI is InChI=1S/C13H13FN2O2/c14-10-4-2-9-3-5-11(16-12(9)8-10)13(18)15-6-1-7-17/h2-5,8,17H,1,6-7H2,(H,15,18). The van der Waals surface area contributed by atoms with Crippen LogP contribution < -0.4 is 5.32 Å². The summed E-state index contributed by atoms with van der Waals surface area (Å²) in [5.41, 5.74) is 0.691. The average Bonchev–Trinajstić information content (AvgIpc) is 2.38. The first-order chi connectivity index (χ1) is 8.70. The summed E-state index contributed by atoms with van der Waals surface area (Å²) in [6, 6.07) is 7.58.